The predicted octanol–water partition coefficient (Wildman–Crippen LogP) is 2.45. The number of nitrogens with zero attached hydrogens (tertiary/aromatic N) is 2. The third-order valence-corrected chi connectivity index (χ3v) is 6.32. The number of hydrogen-bond acceptors (Lipinski definition) is 4. The van der Waals surface area contributed by atoms with Crippen LogP contribution in [0.25, 0.3) is 0 Å². The monoisotopic (exact) mass is 445 g/mol. The first-order chi connectivity index (χ1) is 12.3. The quantitative estimate of drug-likeness (QED) is 0.623. The van der Waals surface area contributed by atoms with Gasteiger partial charge in [-0.05, 0) is 69.1 Å². The van der Waals surface area contributed by atoms with Crippen LogP contribution >= 0.6 is 15.9 Å². The number of hydrogen-bond donors (Lipinski definition) is 1. The van der Waals surface area contributed by atoms with Crippen LogP contribution in [0.1, 0.15) is 26.2 Å². The van der Waals surface area contributed by atoms with Gasteiger partial charge in [0.2, 0.25) is 15.9 Å². The molecule has 0 radical (unpaired) electrons. The van der Waals surface area contributed by atoms with Gasteiger partial charge in [0.15, 0.2) is 0 Å². The summed E-state index contributed by atoms with van der Waals surface area (Å²) in [6.45, 7) is 5.86. The van der Waals surface area contributed by atoms with Crippen molar-refractivity contribution in [1.82, 2.24) is 10.2 Å². The lowest BCUT2D eigenvalue weighted by atomic mass is 9.99. The minimum Gasteiger partial charge on any atom is -0.354 e. The standard InChI is InChI=1S/C18H28BrN3O3S/c1-15-8-12-21(13-9-15)11-3-10-20-18(23)14-22(26(2,24)25)17-6-4-16(19)5-7-17/h4-7,15H,3,8-14H2,1-2H3,(H,20,23). The van der Waals surface area contributed by atoms with Gasteiger partial charge >= 0.3 is 0 Å². The molecule has 0 atom stereocenters. The number of rotatable bonds is 8. The van der Waals surface area contributed by atoms with Gasteiger partial charge in [-0.3, -0.25) is 9.10 Å². The third kappa shape index (κ3) is 6.89. The second kappa shape index (κ2) is 9.71. The van der Waals surface area contributed by atoms with Crippen molar-refractivity contribution in [1.29, 1.82) is 0 Å². The lowest BCUT2D eigenvalue weighted by molar-refractivity contribution is -0.119. The van der Waals surface area contributed by atoms with Crippen molar-refractivity contribution in [2.45, 2.75) is 26.2 Å². The Kier molecular flexibility index (Phi) is 7.91. The van der Waals surface area contributed by atoms with Gasteiger partial charge in [0.1, 0.15) is 6.54 Å². The molecule has 1 saturated heterocycles. The van der Waals surface area contributed by atoms with Crippen LogP contribution in [0.2, 0.25) is 0 Å². The summed E-state index contributed by atoms with van der Waals surface area (Å²) in [7, 11) is -3.53. The fourth-order valence-corrected chi connectivity index (χ4v) is 4.13. The fourth-order valence-electron chi connectivity index (χ4n) is 3.01. The van der Waals surface area contributed by atoms with Gasteiger partial charge in [-0.25, -0.2) is 8.42 Å². The van der Waals surface area contributed by atoms with Crippen LogP contribution in [0.4, 0.5) is 5.69 Å². The van der Waals surface area contributed by atoms with E-state index in [1.807, 2.05) is 0 Å². The second-order valence-electron chi connectivity index (χ2n) is 6.97. The average Bonchev–Trinajstić information content (AvgIpc) is 2.58. The lowest BCUT2D eigenvalue weighted by Crippen LogP contribution is -2.41. The topological polar surface area (TPSA) is 69.7 Å². The Morgan fingerprint density at radius 3 is 2.46 bits per heavy atom. The van der Waals surface area contributed by atoms with Gasteiger partial charge in [-0.15, -0.1) is 0 Å². The Balaban J connectivity index is 1.79. The molecule has 0 saturated carbocycles. The average molecular weight is 446 g/mol. The molecule has 26 heavy (non-hydrogen) atoms. The summed E-state index contributed by atoms with van der Waals surface area (Å²) in [6, 6.07) is 6.86. The Morgan fingerprint density at radius 1 is 1.27 bits per heavy atom. The summed E-state index contributed by atoms with van der Waals surface area (Å²) in [4.78, 5) is 14.6. The first-order valence-electron chi connectivity index (χ1n) is 8.98. The molecule has 1 fully saturated rings. The summed E-state index contributed by atoms with van der Waals surface area (Å²) in [5, 5.41) is 2.83. The van der Waals surface area contributed by atoms with Gasteiger partial charge < -0.3 is 10.2 Å². The largest absolute Gasteiger partial charge is 0.354 e. The number of halogens is 1. The molecule has 2 rings (SSSR count). The Bertz CT molecular complexity index is 686. The normalized spacial score (nSPS) is 16.4. The van der Waals surface area contributed by atoms with Crippen molar-refractivity contribution in [2.75, 3.05) is 43.3 Å². The number of carbonyl (C=O) groups excluding carboxylic acids is 1. The van der Waals surface area contributed by atoms with E-state index in [0.717, 1.165) is 47.0 Å². The SMILES string of the molecule is CC1CCN(CCCNC(=O)CN(c2ccc(Br)cc2)S(C)(=O)=O)CC1. The van der Waals surface area contributed by atoms with Crippen molar-refractivity contribution in [3.05, 3.63) is 28.7 Å². The molecule has 0 bridgehead atoms. The molecular formula is C18H28BrN3O3S. The van der Waals surface area contributed by atoms with E-state index in [0.29, 0.717) is 12.2 Å². The highest BCUT2D eigenvalue weighted by atomic mass is 79.9. The van der Waals surface area contributed by atoms with Crippen LogP contribution in [0.15, 0.2) is 28.7 Å². The number of piperidine rings is 1. The summed E-state index contributed by atoms with van der Waals surface area (Å²) >= 11 is 3.32. The van der Waals surface area contributed by atoms with Crippen molar-refractivity contribution in [2.24, 2.45) is 5.92 Å². The van der Waals surface area contributed by atoms with Crippen molar-refractivity contribution >= 4 is 37.5 Å². The highest BCUT2D eigenvalue weighted by molar-refractivity contribution is 9.10. The molecule has 1 aliphatic heterocycles. The molecule has 1 heterocycles. The summed E-state index contributed by atoms with van der Waals surface area (Å²) < 4.78 is 26.1. The van der Waals surface area contributed by atoms with Crippen molar-refractivity contribution in [3.63, 3.8) is 0 Å². The van der Waals surface area contributed by atoms with Crippen LogP contribution in [-0.2, 0) is 14.8 Å². The van der Waals surface area contributed by atoms with Crippen LogP contribution in [0, 0.1) is 5.92 Å². The first kappa shape index (κ1) is 21.2. The van der Waals surface area contributed by atoms with Crippen LogP contribution in [0.3, 0.4) is 0 Å². The lowest BCUT2D eigenvalue weighted by Gasteiger charge is -2.30. The number of carbonyl (C=O) groups is 1. The van der Waals surface area contributed by atoms with Gasteiger partial charge in [0.05, 0.1) is 11.9 Å². The highest BCUT2D eigenvalue weighted by Gasteiger charge is 2.21. The van der Waals surface area contributed by atoms with Gasteiger partial charge in [0.25, 0.3) is 0 Å². The van der Waals surface area contributed by atoms with E-state index >= 15 is 0 Å². The maximum Gasteiger partial charge on any atom is 0.240 e. The molecule has 0 aliphatic carbocycles. The van der Waals surface area contributed by atoms with E-state index in [9.17, 15) is 13.2 Å². The molecule has 0 unspecified atom stereocenters. The van der Waals surface area contributed by atoms with Crippen LogP contribution < -0.4 is 9.62 Å². The molecule has 1 N–H and O–H groups in total. The number of amides is 1. The summed E-state index contributed by atoms with van der Waals surface area (Å²) in [6.07, 6.45) is 4.46. The molecule has 1 aromatic carbocycles. The maximum absolute atomic E-state index is 12.2. The number of sulfonamides is 1. The number of nitrogens with one attached hydrogen (secondary N) is 1. The summed E-state index contributed by atoms with van der Waals surface area (Å²) in [5.74, 6) is 0.525. The molecule has 0 aromatic heterocycles. The smallest absolute Gasteiger partial charge is 0.240 e. The number of benzene rings is 1. The molecule has 146 valence electrons. The van der Waals surface area contributed by atoms with Gasteiger partial charge in [0, 0.05) is 11.0 Å². The predicted molar refractivity (Wildman–Crippen MR) is 109 cm³/mol. The van der Waals surface area contributed by atoms with E-state index in [1.165, 1.54) is 12.8 Å². The number of likely N-dealkylation sites (tertiary alicyclic amines) is 1. The van der Waals surface area contributed by atoms with E-state index < -0.39 is 10.0 Å². The molecule has 0 spiro atoms. The molecular weight excluding hydrogens is 418 g/mol. The minimum atomic E-state index is -3.53. The zero-order valence-electron chi connectivity index (χ0n) is 15.4. The number of anilines is 1. The first-order valence-corrected chi connectivity index (χ1v) is 11.6. The molecule has 1 aromatic rings. The summed E-state index contributed by atoms with van der Waals surface area (Å²) in [5.41, 5.74) is 0.480. The van der Waals surface area contributed by atoms with E-state index in [4.69, 9.17) is 0 Å². The van der Waals surface area contributed by atoms with E-state index in [-0.39, 0.29) is 12.5 Å². The van der Waals surface area contributed by atoms with E-state index in [1.54, 1.807) is 24.3 Å². The molecule has 6 nitrogen and oxygen atoms in total. The Hall–Kier alpha value is -1.12. The highest BCUT2D eigenvalue weighted by Crippen LogP contribution is 2.20. The van der Waals surface area contributed by atoms with Crippen molar-refractivity contribution in [3.8, 4) is 0 Å². The minimum absolute atomic E-state index is 0.207. The van der Waals surface area contributed by atoms with Crippen LogP contribution in [-0.4, -0.2) is 58.2 Å². The third-order valence-electron chi connectivity index (χ3n) is 4.65. The van der Waals surface area contributed by atoms with Crippen molar-refractivity contribution < 1.29 is 13.2 Å². The van der Waals surface area contributed by atoms with Gasteiger partial charge in [-0.1, -0.05) is 22.9 Å². The van der Waals surface area contributed by atoms with E-state index in [2.05, 4.69) is 33.1 Å². The second-order valence-corrected chi connectivity index (χ2v) is 9.80. The fraction of sp³-hybridized carbons (Fsp3) is 0.611. The zero-order valence-corrected chi connectivity index (χ0v) is 17.9. The van der Waals surface area contributed by atoms with Gasteiger partial charge in [-0.2, -0.15) is 0 Å². The Morgan fingerprint density at radius 2 is 1.88 bits per heavy atom. The van der Waals surface area contributed by atoms with Crippen LogP contribution in [0.5, 0.6) is 0 Å². The Labute approximate surface area is 165 Å². The molecule has 1 amide bonds. The molecule has 8 heteroatoms. The zero-order chi connectivity index (χ0) is 19.2. The molecule has 1 aliphatic rings. The maximum atomic E-state index is 12.2.